The van der Waals surface area contributed by atoms with Crippen molar-refractivity contribution in [1.29, 1.82) is 0 Å². The van der Waals surface area contributed by atoms with Gasteiger partial charge in [-0.15, -0.1) is 11.6 Å². The number of hydrogen-bond donors (Lipinski definition) is 0. The van der Waals surface area contributed by atoms with Crippen LogP contribution in [0.1, 0.15) is 40.2 Å². The van der Waals surface area contributed by atoms with Crippen molar-refractivity contribution >= 4 is 28.8 Å². The average Bonchev–Trinajstić information content (AvgIpc) is 2.38. The number of alkyl halides is 1. The Balaban J connectivity index is 2.57. The van der Waals surface area contributed by atoms with Gasteiger partial charge in [0.05, 0.1) is 17.8 Å². The number of amides is 1. The number of benzene rings is 1. The number of fused-ring (bicyclic) bond motifs is 1. The first-order valence-electron chi connectivity index (χ1n) is 7.22. The number of allylic oxidation sites excluding steroid dienone is 1. The summed E-state index contributed by atoms with van der Waals surface area (Å²) in [4.78, 5) is 14.3. The van der Waals surface area contributed by atoms with E-state index in [1.54, 1.807) is 11.8 Å². The van der Waals surface area contributed by atoms with E-state index in [0.717, 1.165) is 22.6 Å². The molecular weight excluding hydrogens is 286 g/mol. The van der Waals surface area contributed by atoms with E-state index in [1.165, 1.54) is 0 Å². The van der Waals surface area contributed by atoms with Crippen LogP contribution in [0.25, 0.3) is 5.57 Å². The van der Waals surface area contributed by atoms with Gasteiger partial charge in [0.25, 0.3) is 0 Å². The lowest BCUT2D eigenvalue weighted by Gasteiger charge is -2.42. The first kappa shape index (κ1) is 15.9. The second-order valence-electron chi connectivity index (χ2n) is 5.88. The smallest absolute Gasteiger partial charge is 0.245 e. The van der Waals surface area contributed by atoms with Gasteiger partial charge < -0.3 is 9.64 Å². The SMILES string of the molecule is CCOc1ccc2c(c1)C(C)=CC(C)(C)N2C(=O)C(C)Cl. The van der Waals surface area contributed by atoms with Gasteiger partial charge in [0.15, 0.2) is 0 Å². The summed E-state index contributed by atoms with van der Waals surface area (Å²) < 4.78 is 5.56. The summed E-state index contributed by atoms with van der Waals surface area (Å²) in [6.45, 7) is 10.4. The van der Waals surface area contributed by atoms with Gasteiger partial charge in [-0.05, 0) is 58.4 Å². The van der Waals surface area contributed by atoms with E-state index in [4.69, 9.17) is 16.3 Å². The van der Waals surface area contributed by atoms with E-state index in [9.17, 15) is 4.79 Å². The molecule has 0 fully saturated rings. The maximum Gasteiger partial charge on any atom is 0.245 e. The molecule has 4 heteroatoms. The van der Waals surface area contributed by atoms with Crippen molar-refractivity contribution in [3.05, 3.63) is 29.8 Å². The third kappa shape index (κ3) is 2.93. The molecule has 1 aliphatic rings. The van der Waals surface area contributed by atoms with Crippen LogP contribution in [0, 0.1) is 0 Å². The van der Waals surface area contributed by atoms with Crippen molar-refractivity contribution in [3.8, 4) is 5.75 Å². The van der Waals surface area contributed by atoms with Crippen LogP contribution < -0.4 is 9.64 Å². The topological polar surface area (TPSA) is 29.5 Å². The van der Waals surface area contributed by atoms with Crippen molar-refractivity contribution in [3.63, 3.8) is 0 Å². The van der Waals surface area contributed by atoms with Crippen molar-refractivity contribution in [1.82, 2.24) is 0 Å². The first-order valence-corrected chi connectivity index (χ1v) is 7.66. The number of carbonyl (C=O) groups is 1. The quantitative estimate of drug-likeness (QED) is 0.782. The predicted molar refractivity (Wildman–Crippen MR) is 88.1 cm³/mol. The Kier molecular flexibility index (Phi) is 4.33. The minimum absolute atomic E-state index is 0.0872. The number of halogens is 1. The molecule has 0 aliphatic carbocycles. The van der Waals surface area contributed by atoms with Gasteiger partial charge in [0.2, 0.25) is 5.91 Å². The number of anilines is 1. The Morgan fingerprint density at radius 3 is 2.67 bits per heavy atom. The van der Waals surface area contributed by atoms with E-state index in [2.05, 4.69) is 13.0 Å². The van der Waals surface area contributed by atoms with E-state index < -0.39 is 10.9 Å². The Hall–Kier alpha value is -1.48. The second-order valence-corrected chi connectivity index (χ2v) is 6.54. The van der Waals surface area contributed by atoms with Gasteiger partial charge >= 0.3 is 0 Å². The van der Waals surface area contributed by atoms with Gasteiger partial charge in [-0.2, -0.15) is 0 Å². The summed E-state index contributed by atoms with van der Waals surface area (Å²) in [7, 11) is 0. The monoisotopic (exact) mass is 307 g/mol. The molecule has 1 heterocycles. The van der Waals surface area contributed by atoms with Crippen LogP contribution in [0.4, 0.5) is 5.69 Å². The Morgan fingerprint density at radius 1 is 1.43 bits per heavy atom. The largest absolute Gasteiger partial charge is 0.494 e. The van der Waals surface area contributed by atoms with E-state index in [0.29, 0.717) is 6.61 Å². The highest BCUT2D eigenvalue weighted by atomic mass is 35.5. The summed E-state index contributed by atoms with van der Waals surface area (Å²) in [5.41, 5.74) is 2.65. The lowest BCUT2D eigenvalue weighted by atomic mass is 9.88. The summed E-state index contributed by atoms with van der Waals surface area (Å²) >= 11 is 6.04. The Labute approximate surface area is 131 Å². The minimum atomic E-state index is -0.560. The molecule has 114 valence electrons. The van der Waals surface area contributed by atoms with Crippen molar-refractivity contribution in [2.24, 2.45) is 0 Å². The second kappa shape index (κ2) is 5.72. The predicted octanol–water partition coefficient (Wildman–Crippen LogP) is 4.24. The van der Waals surface area contributed by atoms with Crippen LogP contribution in [0.2, 0.25) is 0 Å². The molecular formula is C17H22ClNO2. The van der Waals surface area contributed by atoms with Crippen LogP contribution in [0.3, 0.4) is 0 Å². The maximum absolute atomic E-state index is 12.5. The molecule has 2 rings (SSSR count). The molecule has 0 aromatic heterocycles. The van der Waals surface area contributed by atoms with Crippen molar-refractivity contribution in [2.75, 3.05) is 11.5 Å². The highest BCUT2D eigenvalue weighted by Gasteiger charge is 2.37. The van der Waals surface area contributed by atoms with Crippen LogP contribution in [0.15, 0.2) is 24.3 Å². The fourth-order valence-corrected chi connectivity index (χ4v) is 2.94. The molecule has 1 atom stereocenters. The van der Waals surface area contributed by atoms with Crippen molar-refractivity contribution in [2.45, 2.75) is 45.5 Å². The zero-order valence-electron chi connectivity index (χ0n) is 13.2. The zero-order chi connectivity index (χ0) is 15.8. The maximum atomic E-state index is 12.5. The summed E-state index contributed by atoms with van der Waals surface area (Å²) in [5.74, 6) is 0.728. The summed E-state index contributed by atoms with van der Waals surface area (Å²) in [5, 5.41) is -0.560. The Morgan fingerprint density at radius 2 is 2.10 bits per heavy atom. The molecule has 1 aliphatic heterocycles. The molecule has 0 bridgehead atoms. The number of carbonyl (C=O) groups excluding carboxylic acids is 1. The summed E-state index contributed by atoms with van der Waals surface area (Å²) in [6.07, 6.45) is 2.10. The molecule has 1 aromatic carbocycles. The average molecular weight is 308 g/mol. The fourth-order valence-electron chi connectivity index (χ4n) is 2.85. The van der Waals surface area contributed by atoms with E-state index >= 15 is 0 Å². The molecule has 0 N–H and O–H groups in total. The van der Waals surface area contributed by atoms with Crippen LogP contribution in [-0.2, 0) is 4.79 Å². The van der Waals surface area contributed by atoms with E-state index in [-0.39, 0.29) is 5.91 Å². The number of hydrogen-bond acceptors (Lipinski definition) is 2. The minimum Gasteiger partial charge on any atom is -0.494 e. The van der Waals surface area contributed by atoms with Gasteiger partial charge in [-0.25, -0.2) is 0 Å². The standard InChI is InChI=1S/C17H22ClNO2/c1-6-21-13-7-8-15-14(9-13)11(2)10-17(4,5)19(15)16(20)12(3)18/h7-10,12H,6H2,1-5H3. The lowest BCUT2D eigenvalue weighted by Crippen LogP contribution is -2.51. The van der Waals surface area contributed by atoms with E-state index in [1.807, 2.05) is 39.0 Å². The number of rotatable bonds is 3. The highest BCUT2D eigenvalue weighted by molar-refractivity contribution is 6.33. The van der Waals surface area contributed by atoms with Crippen molar-refractivity contribution < 1.29 is 9.53 Å². The number of nitrogens with zero attached hydrogens (tertiary/aromatic N) is 1. The molecule has 0 spiro atoms. The molecule has 0 saturated carbocycles. The van der Waals surface area contributed by atoms with Gasteiger partial charge in [0.1, 0.15) is 11.1 Å². The van der Waals surface area contributed by atoms with Crippen LogP contribution in [-0.4, -0.2) is 23.4 Å². The normalized spacial score (nSPS) is 17.8. The lowest BCUT2D eigenvalue weighted by molar-refractivity contribution is -0.118. The molecule has 1 unspecified atom stereocenters. The Bertz CT molecular complexity index is 590. The molecule has 3 nitrogen and oxygen atoms in total. The molecule has 1 aromatic rings. The van der Waals surface area contributed by atoms with Crippen LogP contribution >= 0.6 is 11.6 Å². The van der Waals surface area contributed by atoms with Gasteiger partial charge in [0, 0.05) is 5.56 Å². The summed E-state index contributed by atoms with van der Waals surface area (Å²) in [6, 6.07) is 5.82. The molecule has 0 radical (unpaired) electrons. The first-order chi connectivity index (χ1) is 9.77. The third-order valence-corrected chi connectivity index (χ3v) is 3.84. The van der Waals surface area contributed by atoms with Gasteiger partial charge in [-0.3, -0.25) is 4.79 Å². The molecule has 21 heavy (non-hydrogen) atoms. The number of ether oxygens (including phenoxy) is 1. The molecule has 0 saturated heterocycles. The molecule has 1 amide bonds. The highest BCUT2D eigenvalue weighted by Crippen LogP contribution is 2.41. The zero-order valence-corrected chi connectivity index (χ0v) is 14.0. The fraction of sp³-hybridized carbons (Fsp3) is 0.471. The third-order valence-electron chi connectivity index (χ3n) is 3.65. The van der Waals surface area contributed by atoms with Gasteiger partial charge in [-0.1, -0.05) is 6.08 Å². The van der Waals surface area contributed by atoms with Crippen LogP contribution in [0.5, 0.6) is 5.75 Å².